The standard InChI is InChI=1S/C17H19ClFN3O7/c1-3-11(23)27-8-10-13(29-12(24)4-2)17(26,5-6-18)15(28-10)22-7-9(19)14(20)21-16(22)25/h7,10,13,15,26H,3-4,8H2,1-2H3,(H2,20,21,25)/t10-,13-,15-,17-/m1/s1. The summed E-state index contributed by atoms with van der Waals surface area (Å²) >= 11 is 5.45. The minimum Gasteiger partial charge on any atom is -0.463 e. The fraction of sp³-hybridized carbons (Fsp3) is 0.529. The van der Waals surface area contributed by atoms with Crippen LogP contribution < -0.4 is 11.4 Å². The third-order valence-electron chi connectivity index (χ3n) is 4.13. The molecule has 2 rings (SSSR count). The van der Waals surface area contributed by atoms with E-state index in [4.69, 9.17) is 31.5 Å². The molecule has 0 radical (unpaired) electrons. The largest absolute Gasteiger partial charge is 0.463 e. The van der Waals surface area contributed by atoms with Crippen LogP contribution in [-0.4, -0.2) is 51.0 Å². The van der Waals surface area contributed by atoms with E-state index >= 15 is 0 Å². The molecule has 0 saturated carbocycles. The van der Waals surface area contributed by atoms with Crippen LogP contribution in [-0.2, 0) is 23.8 Å². The number of aliphatic hydroxyl groups is 1. The molecule has 1 fully saturated rings. The summed E-state index contributed by atoms with van der Waals surface area (Å²) in [6.45, 7) is 2.64. The van der Waals surface area contributed by atoms with Crippen LogP contribution in [0.5, 0.6) is 0 Å². The number of carbonyl (C=O) groups is 2. The van der Waals surface area contributed by atoms with E-state index in [0.717, 1.165) is 0 Å². The SMILES string of the molecule is CCC(=O)OC[C@H]1O[C@@H](n2cc(F)c(N)nc2=O)[C@@](O)(C#CCl)[C@@H]1OC(=O)CC. The minimum atomic E-state index is -2.38. The Balaban J connectivity index is 2.53. The molecule has 0 bridgehead atoms. The van der Waals surface area contributed by atoms with Gasteiger partial charge in [-0.15, -0.1) is 0 Å². The van der Waals surface area contributed by atoms with E-state index in [2.05, 4.69) is 10.9 Å². The number of carbonyl (C=O) groups excluding carboxylic acids is 2. The van der Waals surface area contributed by atoms with E-state index in [9.17, 15) is 23.9 Å². The number of nitrogens with two attached hydrogens (primary N) is 1. The van der Waals surface area contributed by atoms with Gasteiger partial charge in [0.25, 0.3) is 0 Å². The number of rotatable bonds is 6. The Morgan fingerprint density at radius 2 is 2.10 bits per heavy atom. The van der Waals surface area contributed by atoms with E-state index in [0.29, 0.717) is 10.8 Å². The third kappa shape index (κ3) is 4.67. The van der Waals surface area contributed by atoms with Crippen molar-refractivity contribution in [3.05, 3.63) is 22.5 Å². The van der Waals surface area contributed by atoms with Gasteiger partial charge < -0.3 is 25.1 Å². The van der Waals surface area contributed by atoms with Crippen LogP contribution in [0.4, 0.5) is 10.2 Å². The average Bonchev–Trinajstić information content (AvgIpc) is 2.94. The van der Waals surface area contributed by atoms with Gasteiger partial charge in [-0.2, -0.15) is 4.98 Å². The predicted octanol–water partition coefficient (Wildman–Crippen LogP) is 0.0678. The highest BCUT2D eigenvalue weighted by Crippen LogP contribution is 2.40. The van der Waals surface area contributed by atoms with E-state index in [1.54, 1.807) is 6.92 Å². The van der Waals surface area contributed by atoms with Gasteiger partial charge in [-0.1, -0.05) is 13.8 Å². The molecule has 158 valence electrons. The van der Waals surface area contributed by atoms with Crippen LogP contribution in [0.2, 0.25) is 0 Å². The second-order valence-corrected chi connectivity index (χ2v) is 6.23. The zero-order valence-corrected chi connectivity index (χ0v) is 16.3. The zero-order chi connectivity index (χ0) is 21.8. The lowest BCUT2D eigenvalue weighted by Gasteiger charge is -2.28. The molecule has 0 amide bonds. The van der Waals surface area contributed by atoms with Crippen LogP contribution in [0.15, 0.2) is 11.0 Å². The summed E-state index contributed by atoms with van der Waals surface area (Å²) in [5.74, 6) is -0.792. The molecule has 1 saturated heterocycles. The lowest BCUT2D eigenvalue weighted by molar-refractivity contribution is -0.162. The summed E-state index contributed by atoms with van der Waals surface area (Å²) in [4.78, 5) is 38.9. The Morgan fingerprint density at radius 1 is 1.45 bits per heavy atom. The van der Waals surface area contributed by atoms with Crippen LogP contribution in [0.1, 0.15) is 32.9 Å². The van der Waals surface area contributed by atoms with Crippen molar-refractivity contribution in [2.45, 2.75) is 50.7 Å². The van der Waals surface area contributed by atoms with E-state index in [1.807, 2.05) is 5.38 Å². The van der Waals surface area contributed by atoms with Gasteiger partial charge in [-0.3, -0.25) is 14.2 Å². The van der Waals surface area contributed by atoms with Crippen molar-refractivity contribution in [1.29, 1.82) is 0 Å². The molecule has 0 aliphatic carbocycles. The maximum absolute atomic E-state index is 13.9. The first-order valence-corrected chi connectivity index (χ1v) is 8.95. The van der Waals surface area contributed by atoms with Crippen molar-refractivity contribution < 1.29 is 33.3 Å². The second-order valence-electron chi connectivity index (χ2n) is 6.04. The smallest absolute Gasteiger partial charge is 0.351 e. The van der Waals surface area contributed by atoms with Gasteiger partial charge in [-0.25, -0.2) is 9.18 Å². The van der Waals surface area contributed by atoms with Crippen molar-refractivity contribution in [3.63, 3.8) is 0 Å². The second kappa shape index (κ2) is 9.21. The highest BCUT2D eigenvalue weighted by Gasteiger charge is 2.59. The number of hydrogen-bond donors (Lipinski definition) is 2. The lowest BCUT2D eigenvalue weighted by Crippen LogP contribution is -2.50. The highest BCUT2D eigenvalue weighted by atomic mass is 35.5. The van der Waals surface area contributed by atoms with Crippen molar-refractivity contribution >= 4 is 29.4 Å². The number of nitrogens with zero attached hydrogens (tertiary/aromatic N) is 2. The van der Waals surface area contributed by atoms with E-state index in [1.165, 1.54) is 6.92 Å². The highest BCUT2D eigenvalue weighted by molar-refractivity contribution is 6.30. The first-order valence-electron chi connectivity index (χ1n) is 8.57. The third-order valence-corrected chi connectivity index (χ3v) is 4.22. The molecule has 0 unspecified atom stereocenters. The maximum atomic E-state index is 13.9. The Kier molecular flexibility index (Phi) is 7.18. The number of halogens is 2. The molecule has 4 atom stereocenters. The van der Waals surface area contributed by atoms with E-state index < -0.39 is 59.9 Å². The lowest BCUT2D eigenvalue weighted by atomic mass is 9.94. The number of hydrogen-bond acceptors (Lipinski definition) is 9. The van der Waals surface area contributed by atoms with Crippen LogP contribution in [0.3, 0.4) is 0 Å². The molecule has 0 aromatic carbocycles. The Labute approximate surface area is 169 Å². The summed E-state index contributed by atoms with van der Waals surface area (Å²) in [6.07, 6.45) is -3.76. The summed E-state index contributed by atoms with van der Waals surface area (Å²) in [5.41, 5.74) is 1.83. The van der Waals surface area contributed by atoms with Gasteiger partial charge in [0.2, 0.25) is 5.60 Å². The number of esters is 2. The maximum Gasteiger partial charge on any atom is 0.351 e. The first kappa shape index (κ1) is 22.6. The molecule has 10 nitrogen and oxygen atoms in total. The van der Waals surface area contributed by atoms with Crippen molar-refractivity contribution in [2.24, 2.45) is 0 Å². The summed E-state index contributed by atoms with van der Waals surface area (Å²) < 4.78 is 30.3. The Bertz CT molecular complexity index is 913. The summed E-state index contributed by atoms with van der Waals surface area (Å²) in [6, 6.07) is 0. The minimum absolute atomic E-state index is 0.0506. The normalized spacial score (nSPS) is 25.8. The van der Waals surface area contributed by atoms with Gasteiger partial charge in [0.15, 0.2) is 24.0 Å². The molecule has 0 spiro atoms. The molecule has 29 heavy (non-hydrogen) atoms. The molecular formula is C17H19ClFN3O7. The number of ether oxygens (including phenoxy) is 3. The average molecular weight is 432 g/mol. The molecular weight excluding hydrogens is 413 g/mol. The van der Waals surface area contributed by atoms with Crippen molar-refractivity contribution in [2.75, 3.05) is 12.3 Å². The van der Waals surface area contributed by atoms with Gasteiger partial charge in [0.1, 0.15) is 12.7 Å². The Hall–Kier alpha value is -2.68. The van der Waals surface area contributed by atoms with Crippen molar-refractivity contribution in [3.8, 4) is 11.3 Å². The molecule has 1 aliphatic rings. The monoisotopic (exact) mass is 431 g/mol. The number of nitrogen functional groups attached to an aromatic ring is 1. The zero-order valence-electron chi connectivity index (χ0n) is 15.6. The van der Waals surface area contributed by atoms with Crippen molar-refractivity contribution in [1.82, 2.24) is 9.55 Å². The number of anilines is 1. The molecule has 12 heteroatoms. The summed E-state index contributed by atoms with van der Waals surface area (Å²) in [5, 5.41) is 13.1. The van der Waals surface area contributed by atoms with Gasteiger partial charge >= 0.3 is 17.6 Å². The van der Waals surface area contributed by atoms with Crippen LogP contribution >= 0.6 is 11.6 Å². The van der Waals surface area contributed by atoms with Crippen LogP contribution in [0.25, 0.3) is 0 Å². The Morgan fingerprint density at radius 3 is 2.69 bits per heavy atom. The fourth-order valence-electron chi connectivity index (χ4n) is 2.67. The molecule has 2 heterocycles. The van der Waals surface area contributed by atoms with Gasteiger partial charge in [-0.05, 0) is 17.5 Å². The van der Waals surface area contributed by atoms with Crippen LogP contribution in [0, 0.1) is 17.1 Å². The number of aromatic nitrogens is 2. The topological polar surface area (TPSA) is 143 Å². The van der Waals surface area contributed by atoms with E-state index in [-0.39, 0.29) is 12.8 Å². The predicted molar refractivity (Wildman–Crippen MR) is 96.8 cm³/mol. The molecule has 1 aromatic heterocycles. The summed E-state index contributed by atoms with van der Waals surface area (Å²) in [7, 11) is 0. The fourth-order valence-corrected chi connectivity index (χ4v) is 2.82. The van der Waals surface area contributed by atoms with Gasteiger partial charge in [0, 0.05) is 18.2 Å². The molecule has 1 aliphatic heterocycles. The molecule has 1 aromatic rings. The molecule has 3 N–H and O–H groups in total. The quantitative estimate of drug-likeness (QED) is 0.472. The first-order chi connectivity index (χ1) is 13.7. The van der Waals surface area contributed by atoms with Gasteiger partial charge in [0.05, 0.1) is 6.20 Å².